The lowest BCUT2D eigenvalue weighted by Gasteiger charge is -2.05. The molecule has 0 heterocycles. The largest absolute Gasteiger partial charge is 0.326 e. The van der Waals surface area contributed by atoms with Gasteiger partial charge in [0.15, 0.2) is 0 Å². The van der Waals surface area contributed by atoms with E-state index in [0.717, 1.165) is 16.1 Å². The van der Waals surface area contributed by atoms with Crippen LogP contribution in [0.25, 0.3) is 0 Å². The summed E-state index contributed by atoms with van der Waals surface area (Å²) in [7, 11) is 0. The molecular formula is C14H13NOS. The molecule has 2 nitrogen and oxygen atoms in total. The van der Waals surface area contributed by atoms with E-state index in [2.05, 4.69) is 17.9 Å². The zero-order chi connectivity index (χ0) is 12.1. The zero-order valence-corrected chi connectivity index (χ0v) is 10.2. The van der Waals surface area contributed by atoms with Gasteiger partial charge in [-0.1, -0.05) is 30.3 Å². The van der Waals surface area contributed by atoms with Gasteiger partial charge in [-0.15, -0.1) is 12.6 Å². The fraction of sp³-hybridized carbons (Fsp3) is 0.0714. The van der Waals surface area contributed by atoms with Crippen LogP contribution in [-0.2, 0) is 11.2 Å². The van der Waals surface area contributed by atoms with Crippen LogP contribution in [-0.4, -0.2) is 5.91 Å². The number of rotatable bonds is 3. The van der Waals surface area contributed by atoms with Gasteiger partial charge in [0.2, 0.25) is 5.91 Å². The standard InChI is InChI=1S/C14H13NOS/c16-14(10-11-4-2-1-3-5-11)15-12-6-8-13(17)9-7-12/h1-9,17H,10H2,(H,15,16). The molecule has 2 aromatic carbocycles. The summed E-state index contributed by atoms with van der Waals surface area (Å²) in [5.74, 6) is -0.0110. The van der Waals surface area contributed by atoms with E-state index in [1.165, 1.54) is 0 Å². The van der Waals surface area contributed by atoms with Crippen molar-refractivity contribution in [2.45, 2.75) is 11.3 Å². The smallest absolute Gasteiger partial charge is 0.228 e. The fourth-order valence-corrected chi connectivity index (χ4v) is 1.68. The van der Waals surface area contributed by atoms with E-state index >= 15 is 0 Å². The van der Waals surface area contributed by atoms with E-state index in [1.54, 1.807) is 0 Å². The van der Waals surface area contributed by atoms with Crippen LogP contribution in [0.1, 0.15) is 5.56 Å². The monoisotopic (exact) mass is 243 g/mol. The van der Waals surface area contributed by atoms with Gasteiger partial charge in [0.1, 0.15) is 0 Å². The van der Waals surface area contributed by atoms with Gasteiger partial charge >= 0.3 is 0 Å². The summed E-state index contributed by atoms with van der Waals surface area (Å²) in [5.41, 5.74) is 1.81. The maximum Gasteiger partial charge on any atom is 0.228 e. The van der Waals surface area contributed by atoms with E-state index in [1.807, 2.05) is 54.6 Å². The first-order chi connectivity index (χ1) is 8.24. The highest BCUT2D eigenvalue weighted by molar-refractivity contribution is 7.80. The van der Waals surface area contributed by atoms with Gasteiger partial charge in [-0.2, -0.15) is 0 Å². The number of hydrogen-bond donors (Lipinski definition) is 2. The molecule has 0 radical (unpaired) electrons. The van der Waals surface area contributed by atoms with Crippen LogP contribution < -0.4 is 5.32 Å². The second-order valence-corrected chi connectivity index (χ2v) is 4.27. The maximum absolute atomic E-state index is 11.7. The third-order valence-electron chi connectivity index (χ3n) is 2.36. The topological polar surface area (TPSA) is 29.1 Å². The van der Waals surface area contributed by atoms with Crippen LogP contribution in [0, 0.1) is 0 Å². The Labute approximate surface area is 106 Å². The highest BCUT2D eigenvalue weighted by Gasteiger charge is 2.03. The highest BCUT2D eigenvalue weighted by Crippen LogP contribution is 2.12. The van der Waals surface area contributed by atoms with Crippen molar-refractivity contribution < 1.29 is 4.79 Å². The van der Waals surface area contributed by atoms with E-state index in [-0.39, 0.29) is 5.91 Å². The van der Waals surface area contributed by atoms with Crippen LogP contribution in [0.15, 0.2) is 59.5 Å². The molecule has 0 aromatic heterocycles. The number of hydrogen-bond acceptors (Lipinski definition) is 2. The minimum Gasteiger partial charge on any atom is -0.326 e. The molecule has 2 aromatic rings. The van der Waals surface area contributed by atoms with Gasteiger partial charge in [0, 0.05) is 10.6 Å². The summed E-state index contributed by atoms with van der Waals surface area (Å²) in [4.78, 5) is 12.6. The molecule has 86 valence electrons. The van der Waals surface area contributed by atoms with Gasteiger partial charge in [0.05, 0.1) is 6.42 Å². The summed E-state index contributed by atoms with van der Waals surface area (Å²) in [6.07, 6.45) is 0.392. The Morgan fingerprint density at radius 3 is 2.29 bits per heavy atom. The SMILES string of the molecule is O=C(Cc1ccccc1)Nc1ccc(S)cc1. The van der Waals surface area contributed by atoms with E-state index in [0.29, 0.717) is 6.42 Å². The molecule has 0 saturated heterocycles. The molecule has 17 heavy (non-hydrogen) atoms. The van der Waals surface area contributed by atoms with Crippen LogP contribution in [0.2, 0.25) is 0 Å². The van der Waals surface area contributed by atoms with Gasteiger partial charge < -0.3 is 5.32 Å². The molecule has 2 rings (SSSR count). The number of amides is 1. The number of thiol groups is 1. The lowest BCUT2D eigenvalue weighted by Crippen LogP contribution is -2.14. The Morgan fingerprint density at radius 2 is 1.65 bits per heavy atom. The predicted octanol–water partition coefficient (Wildman–Crippen LogP) is 3.16. The fourth-order valence-electron chi connectivity index (χ4n) is 1.53. The number of nitrogens with one attached hydrogen (secondary N) is 1. The molecule has 0 saturated carbocycles. The van der Waals surface area contributed by atoms with E-state index in [9.17, 15) is 4.79 Å². The minimum absolute atomic E-state index is 0.0110. The summed E-state index contributed by atoms with van der Waals surface area (Å²) in [5, 5.41) is 2.84. The highest BCUT2D eigenvalue weighted by atomic mass is 32.1. The minimum atomic E-state index is -0.0110. The molecule has 0 aliphatic heterocycles. The van der Waals surface area contributed by atoms with Crippen molar-refractivity contribution in [1.82, 2.24) is 0 Å². The van der Waals surface area contributed by atoms with Crippen LogP contribution >= 0.6 is 12.6 Å². The maximum atomic E-state index is 11.7. The van der Waals surface area contributed by atoms with Crippen molar-refractivity contribution in [3.63, 3.8) is 0 Å². The average Bonchev–Trinajstić information content (AvgIpc) is 2.33. The lowest BCUT2D eigenvalue weighted by atomic mass is 10.1. The normalized spacial score (nSPS) is 9.94. The third-order valence-corrected chi connectivity index (χ3v) is 2.66. The van der Waals surface area contributed by atoms with Crippen LogP contribution in [0.5, 0.6) is 0 Å². The second kappa shape index (κ2) is 5.55. The molecule has 0 aliphatic rings. The number of benzene rings is 2. The molecule has 0 fully saturated rings. The summed E-state index contributed by atoms with van der Waals surface area (Å²) in [6, 6.07) is 17.1. The van der Waals surface area contributed by atoms with Crippen molar-refractivity contribution in [3.05, 3.63) is 60.2 Å². The van der Waals surface area contributed by atoms with Crippen LogP contribution in [0.4, 0.5) is 5.69 Å². The summed E-state index contributed by atoms with van der Waals surface area (Å²) >= 11 is 4.19. The van der Waals surface area contributed by atoms with Crippen molar-refractivity contribution in [3.8, 4) is 0 Å². The molecule has 0 aliphatic carbocycles. The first-order valence-corrected chi connectivity index (χ1v) is 5.81. The zero-order valence-electron chi connectivity index (χ0n) is 9.26. The van der Waals surface area contributed by atoms with Crippen molar-refractivity contribution in [2.75, 3.05) is 5.32 Å². The van der Waals surface area contributed by atoms with Crippen molar-refractivity contribution in [2.24, 2.45) is 0 Å². The molecule has 1 N–H and O–H groups in total. The molecule has 0 spiro atoms. The number of carbonyl (C=O) groups excluding carboxylic acids is 1. The number of anilines is 1. The van der Waals surface area contributed by atoms with E-state index < -0.39 is 0 Å². The average molecular weight is 243 g/mol. The molecule has 1 amide bonds. The quantitative estimate of drug-likeness (QED) is 0.797. The lowest BCUT2D eigenvalue weighted by molar-refractivity contribution is -0.115. The van der Waals surface area contributed by atoms with Gasteiger partial charge in [-0.3, -0.25) is 4.79 Å². The van der Waals surface area contributed by atoms with Crippen molar-refractivity contribution in [1.29, 1.82) is 0 Å². The summed E-state index contributed by atoms with van der Waals surface area (Å²) in [6.45, 7) is 0. The van der Waals surface area contributed by atoms with Gasteiger partial charge in [-0.25, -0.2) is 0 Å². The van der Waals surface area contributed by atoms with E-state index in [4.69, 9.17) is 0 Å². The Morgan fingerprint density at radius 1 is 1.00 bits per heavy atom. The third kappa shape index (κ3) is 3.64. The molecule has 3 heteroatoms. The van der Waals surface area contributed by atoms with Crippen LogP contribution in [0.3, 0.4) is 0 Å². The van der Waals surface area contributed by atoms with Crippen molar-refractivity contribution >= 4 is 24.2 Å². The Kier molecular flexibility index (Phi) is 3.83. The van der Waals surface area contributed by atoms with Gasteiger partial charge in [0.25, 0.3) is 0 Å². The molecule has 0 atom stereocenters. The Bertz CT molecular complexity index is 493. The first-order valence-electron chi connectivity index (χ1n) is 5.37. The Hall–Kier alpha value is -1.74. The second-order valence-electron chi connectivity index (χ2n) is 3.76. The first kappa shape index (κ1) is 11.7. The van der Waals surface area contributed by atoms with Gasteiger partial charge in [-0.05, 0) is 29.8 Å². The molecular weight excluding hydrogens is 230 g/mol. The molecule has 0 unspecified atom stereocenters. The predicted molar refractivity (Wildman–Crippen MR) is 72.5 cm³/mol. The molecule has 0 bridgehead atoms. The number of carbonyl (C=O) groups is 1. The summed E-state index contributed by atoms with van der Waals surface area (Å²) < 4.78 is 0. The Balaban J connectivity index is 1.96.